The summed E-state index contributed by atoms with van der Waals surface area (Å²) in [6.07, 6.45) is -4.71. The Hall–Kier alpha value is -1.70. The first-order valence-corrected chi connectivity index (χ1v) is 4.63. The minimum absolute atomic E-state index is 0.148. The Balaban J connectivity index is 3.14. The van der Waals surface area contributed by atoms with Crippen LogP contribution in [0, 0.1) is 11.3 Å². The molecule has 2 nitrogen and oxygen atoms in total. The maximum atomic E-state index is 12.1. The van der Waals surface area contributed by atoms with Crippen molar-refractivity contribution in [2.75, 3.05) is 0 Å². The van der Waals surface area contributed by atoms with E-state index >= 15 is 0 Å². The van der Waals surface area contributed by atoms with Crippen LogP contribution >= 0.6 is 0 Å². The average Bonchev–Trinajstić information content (AvgIpc) is 2.15. The van der Waals surface area contributed by atoms with Gasteiger partial charge in [-0.2, -0.15) is 5.26 Å². The third-order valence-electron chi connectivity index (χ3n) is 1.99. The molecule has 1 rings (SSSR count). The fourth-order valence-electron chi connectivity index (χ4n) is 1.29. The van der Waals surface area contributed by atoms with E-state index < -0.39 is 6.36 Å². The second-order valence-corrected chi connectivity index (χ2v) is 3.57. The van der Waals surface area contributed by atoms with Crippen LogP contribution in [0.4, 0.5) is 13.2 Å². The number of halogens is 3. The molecule has 0 aromatic heterocycles. The number of nitriles is 1. The number of rotatable bonds is 2. The Morgan fingerprint density at radius 2 is 1.94 bits per heavy atom. The van der Waals surface area contributed by atoms with Crippen molar-refractivity contribution in [3.05, 3.63) is 29.3 Å². The first kappa shape index (κ1) is 12.4. The molecule has 0 radical (unpaired) electrons. The first-order valence-electron chi connectivity index (χ1n) is 4.63. The largest absolute Gasteiger partial charge is 0.573 e. The first-order chi connectivity index (χ1) is 7.33. The highest BCUT2D eigenvalue weighted by Crippen LogP contribution is 2.31. The molecule has 5 heteroatoms. The minimum Gasteiger partial charge on any atom is -0.405 e. The molecule has 1 aromatic carbocycles. The van der Waals surface area contributed by atoms with Gasteiger partial charge in [-0.25, -0.2) is 0 Å². The molecule has 0 unspecified atom stereocenters. The van der Waals surface area contributed by atoms with Gasteiger partial charge in [0.25, 0.3) is 0 Å². The van der Waals surface area contributed by atoms with Gasteiger partial charge in [0.15, 0.2) is 0 Å². The maximum Gasteiger partial charge on any atom is 0.573 e. The van der Waals surface area contributed by atoms with Crippen LogP contribution in [0.3, 0.4) is 0 Å². The molecule has 16 heavy (non-hydrogen) atoms. The summed E-state index contributed by atoms with van der Waals surface area (Å²) in [5, 5.41) is 8.65. The topological polar surface area (TPSA) is 33.0 Å². The summed E-state index contributed by atoms with van der Waals surface area (Å²) in [5.74, 6) is -0.396. The van der Waals surface area contributed by atoms with E-state index in [1.54, 1.807) is 13.8 Å². The van der Waals surface area contributed by atoms with E-state index in [0.717, 1.165) is 0 Å². The average molecular weight is 229 g/mol. The predicted octanol–water partition coefficient (Wildman–Crippen LogP) is 3.58. The van der Waals surface area contributed by atoms with Crippen LogP contribution in [0.5, 0.6) is 5.75 Å². The second-order valence-electron chi connectivity index (χ2n) is 3.57. The Kier molecular flexibility index (Phi) is 3.43. The Labute approximate surface area is 91.3 Å². The molecule has 0 saturated heterocycles. The molecule has 0 aliphatic heterocycles. The van der Waals surface area contributed by atoms with Crippen LogP contribution in [0.25, 0.3) is 0 Å². The monoisotopic (exact) mass is 229 g/mol. The quantitative estimate of drug-likeness (QED) is 0.776. The van der Waals surface area contributed by atoms with E-state index in [2.05, 4.69) is 4.74 Å². The molecule has 0 aliphatic rings. The molecule has 0 bridgehead atoms. The van der Waals surface area contributed by atoms with Crippen molar-refractivity contribution in [2.45, 2.75) is 26.1 Å². The SMILES string of the molecule is CC(C)c1cc(C#N)ccc1OC(F)(F)F. The van der Waals surface area contributed by atoms with E-state index in [1.807, 2.05) is 6.07 Å². The van der Waals surface area contributed by atoms with Gasteiger partial charge in [-0.15, -0.1) is 13.2 Å². The number of ether oxygens (including phenoxy) is 1. The molecule has 0 saturated carbocycles. The Bertz CT molecular complexity index is 418. The highest BCUT2D eigenvalue weighted by Gasteiger charge is 2.32. The van der Waals surface area contributed by atoms with Gasteiger partial charge in [0, 0.05) is 0 Å². The van der Waals surface area contributed by atoms with Gasteiger partial charge in [-0.3, -0.25) is 0 Å². The van der Waals surface area contributed by atoms with Gasteiger partial charge in [0.1, 0.15) is 5.75 Å². The minimum atomic E-state index is -4.71. The van der Waals surface area contributed by atoms with Gasteiger partial charge >= 0.3 is 6.36 Å². The Morgan fingerprint density at radius 3 is 2.38 bits per heavy atom. The van der Waals surface area contributed by atoms with Gasteiger partial charge in [0.05, 0.1) is 11.6 Å². The third kappa shape index (κ3) is 3.16. The van der Waals surface area contributed by atoms with Gasteiger partial charge in [-0.1, -0.05) is 13.8 Å². The summed E-state index contributed by atoms with van der Waals surface area (Å²) in [6.45, 7) is 3.47. The fraction of sp³-hybridized carbons (Fsp3) is 0.364. The molecule has 0 N–H and O–H groups in total. The van der Waals surface area contributed by atoms with Crippen molar-refractivity contribution in [3.8, 4) is 11.8 Å². The van der Waals surface area contributed by atoms with Crippen LogP contribution in [0.1, 0.15) is 30.9 Å². The predicted molar refractivity (Wildman–Crippen MR) is 51.9 cm³/mol. The summed E-state index contributed by atoms with van der Waals surface area (Å²) >= 11 is 0. The van der Waals surface area contributed by atoms with Gasteiger partial charge in [0.2, 0.25) is 0 Å². The summed E-state index contributed by atoms with van der Waals surface area (Å²) < 4.78 is 40.1. The van der Waals surface area contributed by atoms with E-state index in [4.69, 9.17) is 5.26 Å². The summed E-state index contributed by atoms with van der Waals surface area (Å²) in [4.78, 5) is 0. The van der Waals surface area contributed by atoms with Crippen LogP contribution in [-0.2, 0) is 0 Å². The molecule has 0 spiro atoms. The van der Waals surface area contributed by atoms with Crippen molar-refractivity contribution in [1.29, 1.82) is 5.26 Å². The maximum absolute atomic E-state index is 12.1. The number of alkyl halides is 3. The van der Waals surface area contributed by atoms with Crippen molar-refractivity contribution in [2.24, 2.45) is 0 Å². The van der Waals surface area contributed by atoms with Crippen molar-refractivity contribution >= 4 is 0 Å². The Morgan fingerprint density at radius 1 is 1.31 bits per heavy atom. The normalized spacial score (nSPS) is 11.3. The zero-order valence-electron chi connectivity index (χ0n) is 8.80. The number of hydrogen-bond acceptors (Lipinski definition) is 2. The van der Waals surface area contributed by atoms with Crippen LogP contribution in [-0.4, -0.2) is 6.36 Å². The molecule has 0 fully saturated rings. The fourth-order valence-corrected chi connectivity index (χ4v) is 1.29. The van der Waals surface area contributed by atoms with Gasteiger partial charge < -0.3 is 4.74 Å². The summed E-state index contributed by atoms with van der Waals surface area (Å²) in [5.41, 5.74) is 0.689. The van der Waals surface area contributed by atoms with Crippen LogP contribution in [0.15, 0.2) is 18.2 Å². The molecule has 0 amide bonds. The van der Waals surface area contributed by atoms with E-state index in [1.165, 1.54) is 18.2 Å². The van der Waals surface area contributed by atoms with E-state index in [0.29, 0.717) is 11.1 Å². The van der Waals surface area contributed by atoms with E-state index in [9.17, 15) is 13.2 Å². The highest BCUT2D eigenvalue weighted by atomic mass is 19.4. The van der Waals surface area contributed by atoms with Gasteiger partial charge in [-0.05, 0) is 29.7 Å². The number of benzene rings is 1. The van der Waals surface area contributed by atoms with Crippen LogP contribution in [0.2, 0.25) is 0 Å². The van der Waals surface area contributed by atoms with Crippen molar-refractivity contribution in [3.63, 3.8) is 0 Å². The molecule has 86 valence electrons. The van der Waals surface area contributed by atoms with Crippen molar-refractivity contribution < 1.29 is 17.9 Å². The van der Waals surface area contributed by atoms with Crippen LogP contribution < -0.4 is 4.74 Å². The highest BCUT2D eigenvalue weighted by molar-refractivity contribution is 5.43. The molecule has 0 aliphatic carbocycles. The second kappa shape index (κ2) is 4.44. The molecule has 0 heterocycles. The third-order valence-corrected chi connectivity index (χ3v) is 1.99. The lowest BCUT2D eigenvalue weighted by Gasteiger charge is -2.15. The van der Waals surface area contributed by atoms with E-state index in [-0.39, 0.29) is 11.7 Å². The van der Waals surface area contributed by atoms with Crippen molar-refractivity contribution in [1.82, 2.24) is 0 Å². The smallest absolute Gasteiger partial charge is 0.405 e. The number of nitrogens with zero attached hydrogens (tertiary/aromatic N) is 1. The number of hydrogen-bond donors (Lipinski definition) is 0. The molecular weight excluding hydrogens is 219 g/mol. The zero-order valence-corrected chi connectivity index (χ0v) is 8.80. The molecular formula is C11H10F3NO. The lowest BCUT2D eigenvalue weighted by atomic mass is 10.00. The summed E-state index contributed by atoms with van der Waals surface area (Å²) in [6, 6.07) is 5.75. The standard InChI is InChI=1S/C11H10F3NO/c1-7(2)9-5-8(6-15)3-4-10(9)16-11(12,13)14/h3-5,7H,1-2H3. The lowest BCUT2D eigenvalue weighted by Crippen LogP contribution is -2.18. The lowest BCUT2D eigenvalue weighted by molar-refractivity contribution is -0.274. The summed E-state index contributed by atoms with van der Waals surface area (Å²) in [7, 11) is 0. The zero-order chi connectivity index (χ0) is 12.3. The molecule has 1 aromatic rings. The molecule has 0 atom stereocenters.